The van der Waals surface area contributed by atoms with E-state index in [2.05, 4.69) is 55.9 Å². The van der Waals surface area contributed by atoms with E-state index in [0.29, 0.717) is 34.2 Å². The molecule has 0 aliphatic heterocycles. The fraction of sp³-hybridized carbons (Fsp3) is 0.323. The Morgan fingerprint density at radius 1 is 0.691 bits per heavy atom. The average Bonchev–Trinajstić information content (AvgIpc) is 3.76. The van der Waals surface area contributed by atoms with Crippen LogP contribution < -0.4 is 22.5 Å². The van der Waals surface area contributed by atoms with E-state index in [-0.39, 0.29) is 69.5 Å². The van der Waals surface area contributed by atoms with Crippen LogP contribution in [0.3, 0.4) is 0 Å². The maximum absolute atomic E-state index is 12.7. The number of aliphatic imine (C=N–C) groups is 1. The Morgan fingerprint density at radius 2 is 1.16 bits per heavy atom. The lowest BCUT2D eigenvalue weighted by Crippen LogP contribution is -2.15. The van der Waals surface area contributed by atoms with Gasteiger partial charge < -0.3 is 45.9 Å². The summed E-state index contributed by atoms with van der Waals surface area (Å²) >= 11 is 0. The van der Waals surface area contributed by atoms with Crippen LogP contribution in [-0.2, 0) is 33.1 Å². The normalized spacial score (nSPS) is 11.7. The van der Waals surface area contributed by atoms with Crippen LogP contribution in [0.25, 0.3) is 11.9 Å². The van der Waals surface area contributed by atoms with Crippen molar-refractivity contribution in [2.45, 2.75) is 34.6 Å². The smallest absolute Gasteiger partial charge is 0.342 e. The third kappa shape index (κ3) is 7.01. The van der Waals surface area contributed by atoms with Crippen LogP contribution in [0.1, 0.15) is 50.2 Å². The molecule has 24 heteroatoms. The summed E-state index contributed by atoms with van der Waals surface area (Å²) in [6, 6.07) is 0. The third-order valence-electron chi connectivity index (χ3n) is 8.15. The number of aromatic nitrogens is 9. The lowest BCUT2D eigenvalue weighted by Gasteiger charge is -2.07. The Bertz CT molecular complexity index is 2450. The van der Waals surface area contributed by atoms with Crippen molar-refractivity contribution in [3.05, 3.63) is 33.6 Å². The second-order valence-corrected chi connectivity index (χ2v) is 11.7. The number of carbonyl (C=O) groups is 3. The van der Waals surface area contributed by atoms with Crippen molar-refractivity contribution in [2.24, 2.45) is 39.5 Å². The summed E-state index contributed by atoms with van der Waals surface area (Å²) in [6.07, 6.45) is 1.22. The molecular formula is C31H38N18O6. The molecule has 0 spiro atoms. The third-order valence-corrected chi connectivity index (χ3v) is 8.15. The van der Waals surface area contributed by atoms with Crippen LogP contribution >= 0.6 is 0 Å². The minimum Gasteiger partial charge on any atom is -0.486 e. The van der Waals surface area contributed by atoms with Crippen LogP contribution in [0, 0.1) is 27.7 Å². The summed E-state index contributed by atoms with van der Waals surface area (Å²) in [5.74, 6) is -1.28. The van der Waals surface area contributed by atoms with Crippen molar-refractivity contribution in [2.75, 3.05) is 43.8 Å². The second kappa shape index (κ2) is 15.2. The van der Waals surface area contributed by atoms with Gasteiger partial charge in [-0.05, 0) is 27.7 Å². The zero-order chi connectivity index (χ0) is 40.5. The summed E-state index contributed by atoms with van der Waals surface area (Å²) in [5.41, 5.74) is 21.1. The Hall–Kier alpha value is -7.53. The molecule has 5 rings (SSSR count). The van der Waals surface area contributed by atoms with Gasteiger partial charge in [0.1, 0.15) is 22.8 Å². The van der Waals surface area contributed by atoms with E-state index >= 15 is 0 Å². The molecule has 0 bridgehead atoms. The van der Waals surface area contributed by atoms with E-state index in [1.165, 1.54) is 43.9 Å². The highest BCUT2D eigenvalue weighted by molar-refractivity contribution is 6.00. The van der Waals surface area contributed by atoms with Crippen molar-refractivity contribution < 1.29 is 28.6 Å². The molecule has 5 heterocycles. The van der Waals surface area contributed by atoms with Gasteiger partial charge in [-0.15, -0.1) is 20.5 Å². The fourth-order valence-corrected chi connectivity index (χ4v) is 5.55. The van der Waals surface area contributed by atoms with Gasteiger partial charge in [0.15, 0.2) is 41.0 Å². The highest BCUT2D eigenvalue weighted by Crippen LogP contribution is 2.38. The standard InChI is InChI=1S/C31H38N18O6/c1-12-17(27(51)54-9)25(46(6)23(12)35-11-53-8)42-40-19-14(3)44-48(21(19)32)30-37-29(34)38-31(39-30)49-22(33)20(15(4)45-49)41-43-26-18(28(52)55-10)13(2)24(47(26)7)36-16(5)50/h11H,32-33H2,1-10H3,(H,36,50)(H2,34,37,38,39). The average molecular weight is 759 g/mol. The molecule has 288 valence electrons. The molecule has 0 saturated heterocycles. The number of ether oxygens (including phenoxy) is 3. The van der Waals surface area contributed by atoms with Gasteiger partial charge in [-0.1, -0.05) is 0 Å². The lowest BCUT2D eigenvalue weighted by molar-refractivity contribution is -0.114. The molecule has 7 N–H and O–H groups in total. The number of nitrogens with zero attached hydrogens (tertiary/aromatic N) is 14. The number of carbonyl (C=O) groups excluding carboxylic acids is 3. The van der Waals surface area contributed by atoms with Gasteiger partial charge in [0.2, 0.25) is 11.9 Å². The molecule has 5 aromatic heterocycles. The first kappa shape index (κ1) is 38.7. The topological polar surface area (TPSA) is 315 Å². The molecule has 0 aliphatic carbocycles. The monoisotopic (exact) mass is 758 g/mol. The molecule has 0 aliphatic rings. The Kier molecular flexibility index (Phi) is 10.7. The summed E-state index contributed by atoms with van der Waals surface area (Å²) in [6.45, 7) is 7.90. The number of hydrogen-bond acceptors (Lipinski definition) is 19. The Labute approximate surface area is 312 Å². The summed E-state index contributed by atoms with van der Waals surface area (Å²) in [5, 5.41) is 28.7. The quantitative estimate of drug-likeness (QED) is 0.0648. The number of azo groups is 2. The predicted molar refractivity (Wildman–Crippen MR) is 198 cm³/mol. The minimum absolute atomic E-state index is 0.0296. The van der Waals surface area contributed by atoms with Gasteiger partial charge in [-0.3, -0.25) is 4.79 Å². The molecule has 1 amide bonds. The molecule has 0 unspecified atom stereocenters. The SMILES string of the molecule is COC=Nc1c(C)c(C(=O)OC)c(N=Nc2c(C)nn(-c3nc(N)nc(-n4nc(C)c(N=Nc5c(C(=O)OC)c(C)c(NC(C)=O)n5C)c4N)n3)c2N)n1C. The van der Waals surface area contributed by atoms with E-state index in [9.17, 15) is 14.4 Å². The van der Waals surface area contributed by atoms with Gasteiger partial charge >= 0.3 is 11.9 Å². The number of methoxy groups -OCH3 is 3. The fourth-order valence-electron chi connectivity index (χ4n) is 5.55. The van der Waals surface area contributed by atoms with Gasteiger partial charge in [-0.25, -0.2) is 14.6 Å². The molecule has 24 nitrogen and oxygen atoms in total. The van der Waals surface area contributed by atoms with Crippen molar-refractivity contribution in [1.29, 1.82) is 0 Å². The van der Waals surface area contributed by atoms with Gasteiger partial charge in [0.05, 0.1) is 32.7 Å². The van der Waals surface area contributed by atoms with Crippen molar-refractivity contribution in [1.82, 2.24) is 43.6 Å². The maximum atomic E-state index is 12.7. The molecule has 0 atom stereocenters. The Balaban J connectivity index is 1.54. The molecule has 0 radical (unpaired) electrons. The van der Waals surface area contributed by atoms with Crippen molar-refractivity contribution in [3.8, 4) is 11.9 Å². The van der Waals surface area contributed by atoms with Crippen LogP contribution in [0.5, 0.6) is 0 Å². The van der Waals surface area contributed by atoms with E-state index in [4.69, 9.17) is 31.4 Å². The molecule has 0 fully saturated rings. The first-order valence-electron chi connectivity index (χ1n) is 16.0. The largest absolute Gasteiger partial charge is 0.486 e. The number of nitrogen functional groups attached to an aromatic ring is 3. The van der Waals surface area contributed by atoms with E-state index < -0.39 is 11.9 Å². The van der Waals surface area contributed by atoms with Gasteiger partial charge in [0, 0.05) is 32.1 Å². The molecule has 5 aromatic rings. The van der Waals surface area contributed by atoms with E-state index in [1.54, 1.807) is 46.4 Å². The van der Waals surface area contributed by atoms with Crippen LogP contribution in [0.2, 0.25) is 0 Å². The van der Waals surface area contributed by atoms with Crippen LogP contribution in [-0.4, -0.2) is 89.2 Å². The first-order valence-corrected chi connectivity index (χ1v) is 16.0. The Morgan fingerprint density at radius 3 is 1.62 bits per heavy atom. The second-order valence-electron chi connectivity index (χ2n) is 11.7. The summed E-state index contributed by atoms with van der Waals surface area (Å²) in [4.78, 5) is 54.3. The number of rotatable bonds is 11. The molecule has 55 heavy (non-hydrogen) atoms. The number of anilines is 4. The summed E-state index contributed by atoms with van der Waals surface area (Å²) in [7, 11) is 7.15. The number of nitrogens with one attached hydrogen (secondary N) is 1. The number of amides is 1. The maximum Gasteiger partial charge on any atom is 0.342 e. The highest BCUT2D eigenvalue weighted by Gasteiger charge is 2.27. The number of aryl methyl sites for hydroxylation is 2. The summed E-state index contributed by atoms with van der Waals surface area (Å²) < 4.78 is 20.2. The zero-order valence-electron chi connectivity index (χ0n) is 31.5. The zero-order valence-corrected chi connectivity index (χ0v) is 31.5. The number of nitrogens with two attached hydrogens (primary N) is 3. The van der Waals surface area contributed by atoms with Crippen LogP contribution in [0.15, 0.2) is 25.4 Å². The van der Waals surface area contributed by atoms with Gasteiger partial charge in [-0.2, -0.15) is 34.5 Å². The first-order chi connectivity index (χ1) is 26.1. The predicted octanol–water partition coefficient (Wildman–Crippen LogP) is 3.57. The van der Waals surface area contributed by atoms with E-state index in [0.717, 1.165) is 4.68 Å². The van der Waals surface area contributed by atoms with Crippen LogP contribution in [0.4, 0.5) is 52.2 Å². The van der Waals surface area contributed by atoms with E-state index in [1.807, 2.05) is 0 Å². The molecular weight excluding hydrogens is 720 g/mol. The number of hydrogen-bond donors (Lipinski definition) is 4. The lowest BCUT2D eigenvalue weighted by atomic mass is 10.2. The van der Waals surface area contributed by atoms with Crippen molar-refractivity contribution in [3.63, 3.8) is 0 Å². The van der Waals surface area contributed by atoms with Crippen molar-refractivity contribution >= 4 is 76.5 Å². The molecule has 0 aromatic carbocycles. The number of esters is 2. The minimum atomic E-state index is -0.687. The highest BCUT2D eigenvalue weighted by atomic mass is 16.5. The molecule has 0 saturated carbocycles. The van der Waals surface area contributed by atoms with Gasteiger partial charge in [0.25, 0.3) is 11.9 Å².